The summed E-state index contributed by atoms with van der Waals surface area (Å²) in [4.78, 5) is 0. The Labute approximate surface area is 146 Å². The third-order valence-corrected chi connectivity index (χ3v) is 4.27. The Balaban J connectivity index is 1.76. The second-order valence-electron chi connectivity index (χ2n) is 5.68. The van der Waals surface area contributed by atoms with E-state index in [2.05, 4.69) is 0 Å². The van der Waals surface area contributed by atoms with Gasteiger partial charge in [0.25, 0.3) is 0 Å². The number of aliphatic hydroxyl groups excluding tert-OH is 1. The zero-order valence-electron chi connectivity index (χ0n) is 14.6. The molecule has 0 bridgehead atoms. The summed E-state index contributed by atoms with van der Waals surface area (Å²) in [6.45, 7) is 0.217. The second kappa shape index (κ2) is 7.53. The minimum Gasteiger partial charge on any atom is -0.496 e. The number of methoxy groups -OCH3 is 3. The van der Waals surface area contributed by atoms with Crippen LogP contribution in [0.4, 0.5) is 0 Å². The van der Waals surface area contributed by atoms with Gasteiger partial charge in [0, 0.05) is 17.7 Å². The minimum atomic E-state index is -0.633. The Hall–Kier alpha value is -2.60. The molecule has 0 saturated carbocycles. The molecule has 1 N–H and O–H groups in total. The van der Waals surface area contributed by atoms with E-state index in [1.807, 2.05) is 30.3 Å². The highest BCUT2D eigenvalue weighted by Gasteiger charge is 2.19. The maximum absolute atomic E-state index is 10.5. The molecular formula is C19H22O6. The Morgan fingerprint density at radius 3 is 2.28 bits per heavy atom. The first kappa shape index (κ1) is 17.2. The lowest BCUT2D eigenvalue weighted by Gasteiger charge is -2.17. The SMILES string of the molecule is COc1cc(OC)c(CCC(O)c2ccc3c(c2)OCO3)c(OC)c1. The van der Waals surface area contributed by atoms with Crippen LogP contribution in [0, 0.1) is 0 Å². The topological polar surface area (TPSA) is 66.4 Å². The van der Waals surface area contributed by atoms with Crippen LogP contribution in [0.15, 0.2) is 30.3 Å². The van der Waals surface area contributed by atoms with Crippen molar-refractivity contribution in [1.82, 2.24) is 0 Å². The lowest BCUT2D eigenvalue weighted by Crippen LogP contribution is -2.03. The van der Waals surface area contributed by atoms with Crippen molar-refractivity contribution in [2.45, 2.75) is 18.9 Å². The van der Waals surface area contributed by atoms with E-state index in [-0.39, 0.29) is 6.79 Å². The molecule has 0 saturated heterocycles. The maximum Gasteiger partial charge on any atom is 0.231 e. The summed E-state index contributed by atoms with van der Waals surface area (Å²) in [5.74, 6) is 3.38. The van der Waals surface area contributed by atoms with Gasteiger partial charge < -0.3 is 28.8 Å². The van der Waals surface area contributed by atoms with Crippen molar-refractivity contribution in [3.63, 3.8) is 0 Å². The molecule has 25 heavy (non-hydrogen) atoms. The van der Waals surface area contributed by atoms with Gasteiger partial charge >= 0.3 is 0 Å². The van der Waals surface area contributed by atoms with Crippen LogP contribution in [0.3, 0.4) is 0 Å². The normalized spacial score (nSPS) is 13.4. The molecule has 1 heterocycles. The predicted octanol–water partition coefficient (Wildman–Crippen LogP) is 3.11. The van der Waals surface area contributed by atoms with E-state index < -0.39 is 6.10 Å². The number of rotatable bonds is 7. The summed E-state index contributed by atoms with van der Waals surface area (Å²) in [5.41, 5.74) is 1.68. The van der Waals surface area contributed by atoms with Crippen molar-refractivity contribution in [3.05, 3.63) is 41.5 Å². The number of aliphatic hydroxyl groups is 1. The van der Waals surface area contributed by atoms with Crippen LogP contribution in [-0.2, 0) is 6.42 Å². The van der Waals surface area contributed by atoms with E-state index >= 15 is 0 Å². The average Bonchev–Trinajstić information content (AvgIpc) is 3.12. The first-order valence-electron chi connectivity index (χ1n) is 8.02. The van der Waals surface area contributed by atoms with E-state index in [4.69, 9.17) is 23.7 Å². The van der Waals surface area contributed by atoms with E-state index in [9.17, 15) is 5.11 Å². The van der Waals surface area contributed by atoms with Gasteiger partial charge in [-0.3, -0.25) is 0 Å². The van der Waals surface area contributed by atoms with Gasteiger partial charge in [-0.25, -0.2) is 0 Å². The highest BCUT2D eigenvalue weighted by atomic mass is 16.7. The van der Waals surface area contributed by atoms with Crippen molar-refractivity contribution in [2.75, 3.05) is 28.1 Å². The van der Waals surface area contributed by atoms with Gasteiger partial charge in [0.2, 0.25) is 6.79 Å². The molecule has 1 aliphatic heterocycles. The summed E-state index contributed by atoms with van der Waals surface area (Å²) in [7, 11) is 4.80. The monoisotopic (exact) mass is 346 g/mol. The lowest BCUT2D eigenvalue weighted by molar-refractivity contribution is 0.165. The van der Waals surface area contributed by atoms with Crippen LogP contribution < -0.4 is 23.7 Å². The number of hydrogen-bond donors (Lipinski definition) is 1. The maximum atomic E-state index is 10.5. The first-order chi connectivity index (χ1) is 12.2. The molecule has 6 nitrogen and oxygen atoms in total. The Bertz CT molecular complexity index is 718. The molecule has 0 fully saturated rings. The highest BCUT2D eigenvalue weighted by Crippen LogP contribution is 2.38. The minimum absolute atomic E-state index is 0.217. The van der Waals surface area contributed by atoms with E-state index in [0.717, 1.165) is 11.1 Å². The quantitative estimate of drug-likeness (QED) is 0.831. The fourth-order valence-corrected chi connectivity index (χ4v) is 2.89. The van der Waals surface area contributed by atoms with Crippen molar-refractivity contribution < 1.29 is 28.8 Å². The van der Waals surface area contributed by atoms with Crippen molar-refractivity contribution in [2.24, 2.45) is 0 Å². The van der Waals surface area contributed by atoms with Crippen LogP contribution in [-0.4, -0.2) is 33.2 Å². The molecule has 1 aliphatic rings. The molecule has 2 aromatic rings. The molecule has 2 aromatic carbocycles. The molecule has 6 heteroatoms. The summed E-state index contributed by atoms with van der Waals surface area (Å²) in [6.07, 6.45) is 0.469. The number of fused-ring (bicyclic) bond motifs is 1. The van der Waals surface area contributed by atoms with E-state index in [0.29, 0.717) is 41.6 Å². The number of ether oxygens (including phenoxy) is 5. The molecule has 3 rings (SSSR count). The summed E-state index contributed by atoms with van der Waals surface area (Å²) in [5, 5.41) is 10.5. The van der Waals surface area contributed by atoms with E-state index in [1.165, 1.54) is 0 Å². The lowest BCUT2D eigenvalue weighted by atomic mass is 9.99. The molecule has 1 atom stereocenters. The molecule has 0 radical (unpaired) electrons. The third kappa shape index (κ3) is 3.58. The Morgan fingerprint density at radius 1 is 0.960 bits per heavy atom. The zero-order chi connectivity index (χ0) is 17.8. The summed E-state index contributed by atoms with van der Waals surface area (Å²) < 4.78 is 26.8. The number of hydrogen-bond acceptors (Lipinski definition) is 6. The van der Waals surface area contributed by atoms with Gasteiger partial charge in [0.15, 0.2) is 11.5 Å². The van der Waals surface area contributed by atoms with Crippen LogP contribution in [0.5, 0.6) is 28.7 Å². The van der Waals surface area contributed by atoms with Crippen molar-refractivity contribution in [1.29, 1.82) is 0 Å². The molecule has 0 aliphatic carbocycles. The molecule has 0 aromatic heterocycles. The van der Waals surface area contributed by atoms with Gasteiger partial charge in [0.05, 0.1) is 27.4 Å². The van der Waals surface area contributed by atoms with Crippen molar-refractivity contribution in [3.8, 4) is 28.7 Å². The Kier molecular flexibility index (Phi) is 5.19. The average molecular weight is 346 g/mol. The van der Waals surface area contributed by atoms with Crippen LogP contribution in [0.1, 0.15) is 23.7 Å². The third-order valence-electron chi connectivity index (χ3n) is 4.27. The molecule has 0 spiro atoms. The highest BCUT2D eigenvalue weighted by molar-refractivity contribution is 5.51. The second-order valence-corrected chi connectivity index (χ2v) is 5.68. The molecule has 1 unspecified atom stereocenters. The molecular weight excluding hydrogens is 324 g/mol. The van der Waals surface area contributed by atoms with Gasteiger partial charge in [0.1, 0.15) is 17.2 Å². The summed E-state index contributed by atoms with van der Waals surface area (Å²) in [6, 6.07) is 9.10. The fraction of sp³-hybridized carbons (Fsp3) is 0.368. The molecule has 134 valence electrons. The van der Waals surface area contributed by atoms with Gasteiger partial charge in [-0.1, -0.05) is 6.07 Å². The zero-order valence-corrected chi connectivity index (χ0v) is 14.6. The van der Waals surface area contributed by atoms with Gasteiger partial charge in [-0.2, -0.15) is 0 Å². The largest absolute Gasteiger partial charge is 0.496 e. The predicted molar refractivity (Wildman–Crippen MR) is 91.9 cm³/mol. The van der Waals surface area contributed by atoms with Crippen molar-refractivity contribution >= 4 is 0 Å². The summed E-state index contributed by atoms with van der Waals surface area (Å²) >= 11 is 0. The van der Waals surface area contributed by atoms with E-state index in [1.54, 1.807) is 21.3 Å². The molecule has 0 amide bonds. The van der Waals surface area contributed by atoms with Crippen LogP contribution >= 0.6 is 0 Å². The Morgan fingerprint density at radius 2 is 1.64 bits per heavy atom. The van der Waals surface area contributed by atoms with Gasteiger partial charge in [-0.05, 0) is 30.5 Å². The standard InChI is InChI=1S/C19H22O6/c1-21-13-9-17(22-2)14(18(10-13)23-3)5-6-15(20)12-4-7-16-19(8-12)25-11-24-16/h4,7-10,15,20H,5-6,11H2,1-3H3. The first-order valence-corrected chi connectivity index (χ1v) is 8.02. The fourth-order valence-electron chi connectivity index (χ4n) is 2.89. The number of benzene rings is 2. The smallest absolute Gasteiger partial charge is 0.231 e. The van der Waals surface area contributed by atoms with Gasteiger partial charge in [-0.15, -0.1) is 0 Å². The van der Waals surface area contributed by atoms with Crippen LogP contribution in [0.25, 0.3) is 0 Å². The van der Waals surface area contributed by atoms with Crippen LogP contribution in [0.2, 0.25) is 0 Å².